The van der Waals surface area contributed by atoms with Crippen molar-refractivity contribution in [2.75, 3.05) is 33.4 Å². The van der Waals surface area contributed by atoms with Crippen molar-refractivity contribution in [3.8, 4) is 5.75 Å². The van der Waals surface area contributed by atoms with Gasteiger partial charge in [-0.1, -0.05) is 42.5 Å². The highest BCUT2D eigenvalue weighted by atomic mass is 16.5. The number of amides is 4. The summed E-state index contributed by atoms with van der Waals surface area (Å²) in [5.74, 6) is -1.59. The van der Waals surface area contributed by atoms with E-state index >= 15 is 0 Å². The van der Waals surface area contributed by atoms with Gasteiger partial charge in [-0.2, -0.15) is 0 Å². The largest absolute Gasteiger partial charge is 0.491 e. The van der Waals surface area contributed by atoms with Crippen LogP contribution in [0.3, 0.4) is 0 Å². The fourth-order valence-corrected chi connectivity index (χ4v) is 3.95. The SMILES string of the molecule is CN1CCOc2ccccc2C(=O)N[C@H](C(=O)NCCCc2ccccc2)CCC(=O)N[C@@H](CO)C1=O. The Balaban J connectivity index is 1.73. The predicted octanol–water partition coefficient (Wildman–Crippen LogP) is 0.642. The van der Waals surface area contributed by atoms with Crippen molar-refractivity contribution in [2.24, 2.45) is 0 Å². The molecule has 2 atom stereocenters. The first-order valence-electron chi connectivity index (χ1n) is 12.4. The molecule has 4 amide bonds. The number of carbonyl (C=O) groups is 4. The van der Waals surface area contributed by atoms with Gasteiger partial charge in [-0.3, -0.25) is 19.2 Å². The van der Waals surface area contributed by atoms with Crippen LogP contribution in [0.2, 0.25) is 0 Å². The highest BCUT2D eigenvalue weighted by Crippen LogP contribution is 2.18. The summed E-state index contributed by atoms with van der Waals surface area (Å²) in [6.07, 6.45) is 1.37. The van der Waals surface area contributed by atoms with Crippen LogP contribution < -0.4 is 20.7 Å². The lowest BCUT2D eigenvalue weighted by atomic mass is 10.1. The molecule has 1 heterocycles. The third-order valence-electron chi connectivity index (χ3n) is 6.07. The average molecular weight is 511 g/mol. The molecule has 10 nitrogen and oxygen atoms in total. The monoisotopic (exact) mass is 510 g/mol. The van der Waals surface area contributed by atoms with Crippen LogP contribution in [0.15, 0.2) is 54.6 Å². The maximum Gasteiger partial charge on any atom is 0.255 e. The predicted molar refractivity (Wildman–Crippen MR) is 137 cm³/mol. The number of carbonyl (C=O) groups excluding carboxylic acids is 4. The van der Waals surface area contributed by atoms with Crippen LogP contribution >= 0.6 is 0 Å². The fraction of sp³-hybridized carbons (Fsp3) is 0.407. The Hall–Kier alpha value is -3.92. The molecule has 2 aromatic carbocycles. The lowest BCUT2D eigenvalue weighted by Crippen LogP contribution is -2.51. The number of hydrogen-bond donors (Lipinski definition) is 4. The van der Waals surface area contributed by atoms with E-state index < -0.39 is 42.3 Å². The number of hydrogen-bond acceptors (Lipinski definition) is 6. The second-order valence-corrected chi connectivity index (χ2v) is 8.85. The number of likely N-dealkylation sites (N-methyl/N-ethyl adjacent to an activating group) is 1. The molecule has 4 N–H and O–H groups in total. The lowest BCUT2D eigenvalue weighted by molar-refractivity contribution is -0.137. The minimum Gasteiger partial charge on any atom is -0.491 e. The molecule has 198 valence electrons. The lowest BCUT2D eigenvalue weighted by Gasteiger charge is -2.23. The number of para-hydroxylation sites is 1. The maximum absolute atomic E-state index is 13.1. The normalized spacial score (nSPS) is 19.4. The zero-order chi connectivity index (χ0) is 26.6. The molecule has 1 aliphatic rings. The number of rotatable bonds is 6. The number of nitrogens with zero attached hydrogens (tertiary/aromatic N) is 1. The van der Waals surface area contributed by atoms with E-state index in [2.05, 4.69) is 16.0 Å². The highest BCUT2D eigenvalue weighted by molar-refractivity contribution is 5.99. The molecule has 0 radical (unpaired) electrons. The van der Waals surface area contributed by atoms with Crippen molar-refractivity contribution >= 4 is 23.6 Å². The summed E-state index contributed by atoms with van der Waals surface area (Å²) in [6.45, 7) is 0.0964. The first-order valence-corrected chi connectivity index (χ1v) is 12.4. The standard InChI is InChI=1S/C27H34N4O6/c1-31-16-17-37-23-12-6-5-11-20(23)25(34)30-21(13-14-24(33)29-22(18-32)27(31)36)26(35)28-15-7-10-19-8-3-2-4-9-19/h2-6,8-9,11-12,21-22,32H,7,10,13-18H2,1H3,(H,28,35)(H,29,33)(H,30,34)/t21-,22-/m0/s1. The Labute approximate surface area is 216 Å². The van der Waals surface area contributed by atoms with Crippen molar-refractivity contribution in [1.82, 2.24) is 20.9 Å². The third-order valence-corrected chi connectivity index (χ3v) is 6.07. The van der Waals surface area contributed by atoms with Crippen LogP contribution in [-0.4, -0.2) is 79.1 Å². The molecule has 37 heavy (non-hydrogen) atoms. The molecular weight excluding hydrogens is 476 g/mol. The quantitative estimate of drug-likeness (QED) is 0.421. The van der Waals surface area contributed by atoms with Crippen LogP contribution in [0.1, 0.15) is 35.2 Å². The Morgan fingerprint density at radius 2 is 1.81 bits per heavy atom. The van der Waals surface area contributed by atoms with E-state index in [9.17, 15) is 24.3 Å². The molecule has 0 unspecified atom stereocenters. The van der Waals surface area contributed by atoms with E-state index in [1.165, 1.54) is 11.9 Å². The van der Waals surface area contributed by atoms with E-state index in [4.69, 9.17) is 4.74 Å². The molecule has 0 aromatic heterocycles. The molecule has 10 heteroatoms. The van der Waals surface area contributed by atoms with Gasteiger partial charge in [0.1, 0.15) is 24.4 Å². The summed E-state index contributed by atoms with van der Waals surface area (Å²) in [5, 5.41) is 17.7. The molecular formula is C27H34N4O6. The van der Waals surface area contributed by atoms with Crippen LogP contribution in [0.5, 0.6) is 5.75 Å². The van der Waals surface area contributed by atoms with Crippen molar-refractivity contribution in [3.05, 3.63) is 65.7 Å². The van der Waals surface area contributed by atoms with Gasteiger partial charge < -0.3 is 30.7 Å². The first-order chi connectivity index (χ1) is 17.9. The molecule has 1 aliphatic heterocycles. The third kappa shape index (κ3) is 8.32. The topological polar surface area (TPSA) is 137 Å². The summed E-state index contributed by atoms with van der Waals surface area (Å²) in [6, 6.07) is 14.4. The molecule has 3 rings (SSSR count). The van der Waals surface area contributed by atoms with Gasteiger partial charge in [0.25, 0.3) is 5.91 Å². The second kappa shape index (κ2) is 14.0. The van der Waals surface area contributed by atoms with Crippen LogP contribution in [0.4, 0.5) is 0 Å². The fourth-order valence-electron chi connectivity index (χ4n) is 3.95. The smallest absolute Gasteiger partial charge is 0.255 e. The molecule has 2 aromatic rings. The minimum absolute atomic E-state index is 0.00724. The van der Waals surface area contributed by atoms with Crippen LogP contribution in [0.25, 0.3) is 0 Å². The van der Waals surface area contributed by atoms with Gasteiger partial charge >= 0.3 is 0 Å². The van der Waals surface area contributed by atoms with Gasteiger partial charge in [0.15, 0.2) is 0 Å². The van der Waals surface area contributed by atoms with E-state index in [1.807, 2.05) is 30.3 Å². The zero-order valence-electron chi connectivity index (χ0n) is 20.9. The maximum atomic E-state index is 13.1. The van der Waals surface area contributed by atoms with E-state index in [1.54, 1.807) is 24.3 Å². The van der Waals surface area contributed by atoms with Gasteiger partial charge in [-0.05, 0) is 37.0 Å². The highest BCUT2D eigenvalue weighted by Gasteiger charge is 2.27. The summed E-state index contributed by atoms with van der Waals surface area (Å²) in [7, 11) is 1.54. The molecule has 0 aliphatic carbocycles. The number of ether oxygens (including phenoxy) is 1. The minimum atomic E-state index is -1.12. The Bertz CT molecular complexity index is 1080. The molecule has 0 spiro atoms. The van der Waals surface area contributed by atoms with E-state index in [0.29, 0.717) is 18.7 Å². The number of aryl methyl sites for hydroxylation is 1. The summed E-state index contributed by atoms with van der Waals surface area (Å²) >= 11 is 0. The van der Waals surface area contributed by atoms with Crippen molar-refractivity contribution < 1.29 is 29.0 Å². The summed E-state index contributed by atoms with van der Waals surface area (Å²) in [5.41, 5.74) is 1.40. The number of aliphatic hydroxyl groups excluding tert-OH is 1. The first kappa shape index (κ1) is 27.7. The Morgan fingerprint density at radius 1 is 1.08 bits per heavy atom. The number of aliphatic hydroxyl groups is 1. The second-order valence-electron chi connectivity index (χ2n) is 8.85. The van der Waals surface area contributed by atoms with E-state index in [0.717, 1.165) is 12.0 Å². The molecule has 0 saturated heterocycles. The average Bonchev–Trinajstić information content (AvgIpc) is 2.91. The molecule has 0 fully saturated rings. The van der Waals surface area contributed by atoms with Crippen molar-refractivity contribution in [3.63, 3.8) is 0 Å². The van der Waals surface area contributed by atoms with E-state index in [-0.39, 0.29) is 31.6 Å². The number of nitrogens with one attached hydrogen (secondary N) is 3. The van der Waals surface area contributed by atoms with Gasteiger partial charge in [0, 0.05) is 20.0 Å². The van der Waals surface area contributed by atoms with Crippen molar-refractivity contribution in [1.29, 1.82) is 0 Å². The van der Waals surface area contributed by atoms with Gasteiger partial charge in [-0.15, -0.1) is 0 Å². The molecule has 0 bridgehead atoms. The number of benzene rings is 2. The number of fused-ring (bicyclic) bond motifs is 1. The van der Waals surface area contributed by atoms with Crippen LogP contribution in [0, 0.1) is 0 Å². The van der Waals surface area contributed by atoms with Gasteiger partial charge in [-0.25, -0.2) is 0 Å². The van der Waals surface area contributed by atoms with Gasteiger partial charge in [0.2, 0.25) is 17.7 Å². The Kier molecular flexibility index (Phi) is 10.5. The Morgan fingerprint density at radius 3 is 2.57 bits per heavy atom. The summed E-state index contributed by atoms with van der Waals surface area (Å²) < 4.78 is 5.75. The van der Waals surface area contributed by atoms with Crippen molar-refractivity contribution in [2.45, 2.75) is 37.8 Å². The zero-order valence-corrected chi connectivity index (χ0v) is 20.9. The summed E-state index contributed by atoms with van der Waals surface area (Å²) in [4.78, 5) is 52.6. The molecule has 0 saturated carbocycles. The van der Waals surface area contributed by atoms with Gasteiger partial charge in [0.05, 0.1) is 18.7 Å². The van der Waals surface area contributed by atoms with Crippen LogP contribution in [-0.2, 0) is 20.8 Å².